The van der Waals surface area contributed by atoms with Gasteiger partial charge < -0.3 is 15.0 Å². The number of ether oxygens (including phenoxy) is 1. The predicted octanol–water partition coefficient (Wildman–Crippen LogP) is 2.70. The minimum absolute atomic E-state index is 0.0000496. The number of rotatable bonds is 4. The van der Waals surface area contributed by atoms with Crippen molar-refractivity contribution in [2.45, 2.75) is 6.18 Å². The first kappa shape index (κ1) is 13.4. The minimum atomic E-state index is -4.46. The van der Waals surface area contributed by atoms with Crippen LogP contribution in [0.1, 0.15) is 5.56 Å². The molecule has 0 fully saturated rings. The van der Waals surface area contributed by atoms with E-state index >= 15 is 0 Å². The highest BCUT2D eigenvalue weighted by Crippen LogP contribution is 2.37. The van der Waals surface area contributed by atoms with Crippen molar-refractivity contribution in [2.75, 3.05) is 13.2 Å². The van der Waals surface area contributed by atoms with Crippen molar-refractivity contribution < 1.29 is 22.4 Å². The van der Waals surface area contributed by atoms with Crippen LogP contribution in [0.25, 0.3) is 11.3 Å². The van der Waals surface area contributed by atoms with Gasteiger partial charge in [0.2, 0.25) is 0 Å². The van der Waals surface area contributed by atoms with Crippen molar-refractivity contribution in [3.8, 4) is 17.2 Å². The Morgan fingerprint density at radius 3 is 2.68 bits per heavy atom. The number of hydrogen-bond acceptors (Lipinski definition) is 4. The molecule has 0 atom stereocenters. The van der Waals surface area contributed by atoms with Crippen LogP contribution in [0, 0.1) is 0 Å². The summed E-state index contributed by atoms with van der Waals surface area (Å²) in [5.74, 6) is 0.109. The molecule has 0 unspecified atom stereocenters. The highest BCUT2D eigenvalue weighted by atomic mass is 19.4. The van der Waals surface area contributed by atoms with Gasteiger partial charge in [-0.1, -0.05) is 18.2 Å². The molecule has 4 nitrogen and oxygen atoms in total. The molecular formula is C12H11F3N2O2. The Balaban J connectivity index is 2.34. The van der Waals surface area contributed by atoms with Gasteiger partial charge in [0.05, 0.1) is 5.56 Å². The molecule has 0 amide bonds. The maximum absolute atomic E-state index is 12.8. The lowest BCUT2D eigenvalue weighted by atomic mass is 10.1. The monoisotopic (exact) mass is 272 g/mol. The first-order chi connectivity index (χ1) is 9.02. The quantitative estimate of drug-likeness (QED) is 0.929. The first-order valence-corrected chi connectivity index (χ1v) is 5.48. The standard InChI is InChI=1S/C12H11F3N2O2/c13-12(14,15)9-4-2-1-3-8(9)10-7-11(17-19-10)18-6-5-16/h1-4,7H,5-6,16H2. The molecule has 0 saturated carbocycles. The summed E-state index contributed by atoms with van der Waals surface area (Å²) in [6, 6.07) is 6.41. The molecule has 7 heteroatoms. The zero-order valence-electron chi connectivity index (χ0n) is 9.78. The Bertz CT molecular complexity index is 552. The molecule has 2 aromatic rings. The van der Waals surface area contributed by atoms with Crippen LogP contribution < -0.4 is 10.5 Å². The molecule has 2 rings (SSSR count). The maximum Gasteiger partial charge on any atom is 0.417 e. The predicted molar refractivity (Wildman–Crippen MR) is 61.5 cm³/mol. The molecular weight excluding hydrogens is 261 g/mol. The zero-order chi connectivity index (χ0) is 13.9. The molecule has 0 spiro atoms. The summed E-state index contributed by atoms with van der Waals surface area (Å²) >= 11 is 0. The maximum atomic E-state index is 12.8. The van der Waals surface area contributed by atoms with Gasteiger partial charge in [-0.2, -0.15) is 13.2 Å². The SMILES string of the molecule is NCCOc1cc(-c2ccccc2C(F)(F)F)on1. The molecule has 0 aliphatic carbocycles. The smallest absolute Gasteiger partial charge is 0.417 e. The average molecular weight is 272 g/mol. The molecule has 0 saturated heterocycles. The van der Waals surface area contributed by atoms with Crippen molar-refractivity contribution >= 4 is 0 Å². The summed E-state index contributed by atoms with van der Waals surface area (Å²) in [5.41, 5.74) is 4.38. The van der Waals surface area contributed by atoms with Gasteiger partial charge in [0.25, 0.3) is 5.88 Å². The normalized spacial score (nSPS) is 11.6. The zero-order valence-corrected chi connectivity index (χ0v) is 9.78. The molecule has 0 aliphatic heterocycles. The lowest BCUT2D eigenvalue weighted by Crippen LogP contribution is -2.10. The molecule has 102 valence electrons. The number of alkyl halides is 3. The average Bonchev–Trinajstić information content (AvgIpc) is 2.84. The van der Waals surface area contributed by atoms with Gasteiger partial charge in [-0.15, -0.1) is 0 Å². The minimum Gasteiger partial charge on any atom is -0.474 e. The van der Waals surface area contributed by atoms with Crippen LogP contribution in [0.15, 0.2) is 34.9 Å². The highest BCUT2D eigenvalue weighted by molar-refractivity contribution is 5.63. The fourth-order valence-corrected chi connectivity index (χ4v) is 1.56. The van der Waals surface area contributed by atoms with Crippen LogP contribution in [0.5, 0.6) is 5.88 Å². The summed E-state index contributed by atoms with van der Waals surface area (Å²) in [6.45, 7) is 0.494. The van der Waals surface area contributed by atoms with Crippen LogP contribution in [0.4, 0.5) is 13.2 Å². The van der Waals surface area contributed by atoms with Crippen LogP contribution in [-0.4, -0.2) is 18.3 Å². The third kappa shape index (κ3) is 3.05. The molecule has 19 heavy (non-hydrogen) atoms. The molecule has 1 aromatic carbocycles. The molecule has 0 aliphatic rings. The molecule has 1 heterocycles. The third-order valence-electron chi connectivity index (χ3n) is 2.35. The van der Waals surface area contributed by atoms with E-state index in [0.29, 0.717) is 0 Å². The number of benzene rings is 1. The molecule has 0 radical (unpaired) electrons. The van der Waals surface area contributed by atoms with E-state index in [1.165, 1.54) is 24.3 Å². The van der Waals surface area contributed by atoms with Gasteiger partial charge in [-0.3, -0.25) is 0 Å². The van der Waals surface area contributed by atoms with E-state index in [9.17, 15) is 13.2 Å². The molecule has 1 aromatic heterocycles. The van der Waals surface area contributed by atoms with Crippen LogP contribution in [0.3, 0.4) is 0 Å². The van der Waals surface area contributed by atoms with Gasteiger partial charge in [0.1, 0.15) is 6.61 Å². The summed E-state index contributed by atoms with van der Waals surface area (Å²) < 4.78 is 48.4. The van der Waals surface area contributed by atoms with Crippen molar-refractivity contribution in [1.29, 1.82) is 0 Å². The number of nitrogens with zero attached hydrogens (tertiary/aromatic N) is 1. The van der Waals surface area contributed by atoms with E-state index < -0.39 is 11.7 Å². The van der Waals surface area contributed by atoms with Crippen molar-refractivity contribution in [3.05, 3.63) is 35.9 Å². The number of aromatic nitrogens is 1. The summed E-state index contributed by atoms with van der Waals surface area (Å²) in [5, 5.41) is 3.53. The summed E-state index contributed by atoms with van der Waals surface area (Å²) in [6.07, 6.45) is -4.46. The van der Waals surface area contributed by atoms with Crippen molar-refractivity contribution in [3.63, 3.8) is 0 Å². The van der Waals surface area contributed by atoms with Crippen LogP contribution >= 0.6 is 0 Å². The number of nitrogens with two attached hydrogens (primary N) is 1. The second-order valence-corrected chi connectivity index (χ2v) is 3.71. The van der Waals surface area contributed by atoms with E-state index in [2.05, 4.69) is 5.16 Å². The lowest BCUT2D eigenvalue weighted by Gasteiger charge is -2.09. The molecule has 2 N–H and O–H groups in total. The van der Waals surface area contributed by atoms with E-state index in [4.69, 9.17) is 15.0 Å². The first-order valence-electron chi connectivity index (χ1n) is 5.48. The van der Waals surface area contributed by atoms with Crippen LogP contribution in [-0.2, 0) is 6.18 Å². The van der Waals surface area contributed by atoms with E-state index in [1.54, 1.807) is 0 Å². The van der Waals surface area contributed by atoms with E-state index in [1.807, 2.05) is 0 Å². The van der Waals surface area contributed by atoms with E-state index in [0.717, 1.165) is 6.07 Å². The van der Waals surface area contributed by atoms with Gasteiger partial charge >= 0.3 is 6.18 Å². The highest BCUT2D eigenvalue weighted by Gasteiger charge is 2.34. The Morgan fingerprint density at radius 1 is 1.26 bits per heavy atom. The fourth-order valence-electron chi connectivity index (χ4n) is 1.56. The number of halogens is 3. The number of hydrogen-bond donors (Lipinski definition) is 1. The van der Waals surface area contributed by atoms with Crippen molar-refractivity contribution in [1.82, 2.24) is 5.16 Å². The Labute approximate surface area is 106 Å². The molecule has 0 bridgehead atoms. The second kappa shape index (κ2) is 5.31. The van der Waals surface area contributed by atoms with Gasteiger partial charge in [-0.05, 0) is 11.2 Å². The Hall–Kier alpha value is -2.02. The van der Waals surface area contributed by atoms with Gasteiger partial charge in [0.15, 0.2) is 5.76 Å². The summed E-state index contributed by atoms with van der Waals surface area (Å²) in [4.78, 5) is 0. The van der Waals surface area contributed by atoms with Gasteiger partial charge in [0, 0.05) is 18.2 Å². The topological polar surface area (TPSA) is 61.3 Å². The largest absolute Gasteiger partial charge is 0.474 e. The van der Waals surface area contributed by atoms with Crippen LogP contribution in [0.2, 0.25) is 0 Å². The fraction of sp³-hybridized carbons (Fsp3) is 0.250. The lowest BCUT2D eigenvalue weighted by molar-refractivity contribution is -0.137. The van der Waals surface area contributed by atoms with E-state index in [-0.39, 0.29) is 30.4 Å². The third-order valence-corrected chi connectivity index (χ3v) is 2.35. The Kier molecular flexibility index (Phi) is 3.75. The van der Waals surface area contributed by atoms with Gasteiger partial charge in [-0.25, -0.2) is 0 Å². The Morgan fingerprint density at radius 2 is 2.00 bits per heavy atom. The summed E-state index contributed by atoms with van der Waals surface area (Å²) in [7, 11) is 0. The second-order valence-electron chi connectivity index (χ2n) is 3.71. The van der Waals surface area contributed by atoms with Crippen molar-refractivity contribution in [2.24, 2.45) is 5.73 Å².